The second kappa shape index (κ2) is 7.18. The highest BCUT2D eigenvalue weighted by Gasteiger charge is 2.25. The molecule has 0 amide bonds. The number of ketones is 1. The van der Waals surface area contributed by atoms with E-state index in [1.54, 1.807) is 24.3 Å². The monoisotopic (exact) mass is 320 g/mol. The second-order valence-corrected chi connectivity index (χ2v) is 5.20. The van der Waals surface area contributed by atoms with Crippen molar-refractivity contribution >= 4 is 23.4 Å². The Hall–Kier alpha value is -2.20. The molecule has 114 valence electrons. The van der Waals surface area contributed by atoms with E-state index in [1.165, 1.54) is 25.3 Å². The molecule has 5 heteroatoms. The molecule has 0 spiro atoms. The minimum atomic E-state index is -0.752. The van der Waals surface area contributed by atoms with Crippen molar-refractivity contribution in [3.05, 3.63) is 70.5 Å². The summed E-state index contributed by atoms with van der Waals surface area (Å²) in [5, 5.41) is 0.531. The average Bonchev–Trinajstić information content (AvgIpc) is 2.52. The van der Waals surface area contributed by atoms with Gasteiger partial charge in [-0.15, -0.1) is 0 Å². The molecule has 2 aromatic rings. The first-order valence-electron chi connectivity index (χ1n) is 6.63. The maximum Gasteiger partial charge on any atom is 0.313 e. The van der Waals surface area contributed by atoms with Gasteiger partial charge in [-0.2, -0.15) is 0 Å². The molecule has 0 heterocycles. The number of Topliss-reactive ketones (excluding diaryl/α,β-unsaturated/α-hetero) is 1. The van der Waals surface area contributed by atoms with Crippen LogP contribution in [0.15, 0.2) is 48.5 Å². The first-order chi connectivity index (χ1) is 10.5. The zero-order valence-electron chi connectivity index (χ0n) is 11.9. The van der Waals surface area contributed by atoms with E-state index in [1.807, 2.05) is 0 Å². The molecule has 0 saturated heterocycles. The van der Waals surface area contributed by atoms with Crippen molar-refractivity contribution in [3.63, 3.8) is 0 Å². The summed E-state index contributed by atoms with van der Waals surface area (Å²) in [6.45, 7) is 0. The predicted molar refractivity (Wildman–Crippen MR) is 81.6 cm³/mol. The Morgan fingerprint density at radius 2 is 1.86 bits per heavy atom. The van der Waals surface area contributed by atoms with E-state index in [4.69, 9.17) is 16.3 Å². The van der Waals surface area contributed by atoms with Crippen molar-refractivity contribution in [1.29, 1.82) is 0 Å². The maximum atomic E-state index is 13.2. The zero-order valence-corrected chi connectivity index (χ0v) is 12.6. The summed E-state index contributed by atoms with van der Waals surface area (Å²) >= 11 is 5.82. The quantitative estimate of drug-likeness (QED) is 0.617. The molecule has 0 bridgehead atoms. The fourth-order valence-corrected chi connectivity index (χ4v) is 2.27. The second-order valence-electron chi connectivity index (χ2n) is 4.76. The van der Waals surface area contributed by atoms with Crippen LogP contribution in [0, 0.1) is 5.82 Å². The molecule has 0 aliphatic heterocycles. The maximum absolute atomic E-state index is 13.2. The smallest absolute Gasteiger partial charge is 0.313 e. The van der Waals surface area contributed by atoms with Crippen LogP contribution >= 0.6 is 11.6 Å². The topological polar surface area (TPSA) is 43.4 Å². The van der Waals surface area contributed by atoms with E-state index in [2.05, 4.69) is 0 Å². The van der Waals surface area contributed by atoms with Crippen LogP contribution in [0.25, 0.3) is 0 Å². The summed E-state index contributed by atoms with van der Waals surface area (Å²) in [6.07, 6.45) is -0.0994. The number of carbonyl (C=O) groups is 2. The molecular formula is C17H14ClFO3. The van der Waals surface area contributed by atoms with Gasteiger partial charge >= 0.3 is 5.97 Å². The average molecular weight is 321 g/mol. The molecule has 0 aliphatic rings. The third-order valence-electron chi connectivity index (χ3n) is 3.29. The van der Waals surface area contributed by atoms with Gasteiger partial charge in [0.15, 0.2) is 5.78 Å². The Kier molecular flexibility index (Phi) is 5.28. The lowest BCUT2D eigenvalue weighted by Gasteiger charge is -2.14. The van der Waals surface area contributed by atoms with Crippen molar-refractivity contribution in [2.24, 2.45) is 0 Å². The summed E-state index contributed by atoms with van der Waals surface area (Å²) in [5.74, 6) is -2.10. The number of hydrogen-bond acceptors (Lipinski definition) is 3. The summed E-state index contributed by atoms with van der Waals surface area (Å²) in [4.78, 5) is 24.2. The van der Waals surface area contributed by atoms with Gasteiger partial charge in [0.1, 0.15) is 5.82 Å². The molecule has 22 heavy (non-hydrogen) atoms. The SMILES string of the molecule is COC(=O)C(CC(=O)c1cccc(F)c1)c1ccc(Cl)cc1. The van der Waals surface area contributed by atoms with Crippen LogP contribution in [-0.4, -0.2) is 18.9 Å². The van der Waals surface area contributed by atoms with Gasteiger partial charge < -0.3 is 4.74 Å². The highest BCUT2D eigenvalue weighted by Crippen LogP contribution is 2.25. The molecule has 0 saturated carbocycles. The lowest BCUT2D eigenvalue weighted by atomic mass is 9.91. The third-order valence-corrected chi connectivity index (χ3v) is 3.55. The Morgan fingerprint density at radius 3 is 2.45 bits per heavy atom. The van der Waals surface area contributed by atoms with Crippen LogP contribution in [0.2, 0.25) is 5.02 Å². The molecule has 0 fully saturated rings. The van der Waals surface area contributed by atoms with Crippen LogP contribution < -0.4 is 0 Å². The minimum Gasteiger partial charge on any atom is -0.469 e. The van der Waals surface area contributed by atoms with Gasteiger partial charge in [0.05, 0.1) is 13.0 Å². The highest BCUT2D eigenvalue weighted by atomic mass is 35.5. The van der Waals surface area contributed by atoms with Gasteiger partial charge in [-0.25, -0.2) is 4.39 Å². The lowest BCUT2D eigenvalue weighted by Crippen LogP contribution is -2.18. The number of carbonyl (C=O) groups excluding carboxylic acids is 2. The van der Waals surface area contributed by atoms with Crippen LogP contribution in [0.5, 0.6) is 0 Å². The van der Waals surface area contributed by atoms with E-state index in [0.717, 1.165) is 6.07 Å². The van der Waals surface area contributed by atoms with Crippen LogP contribution in [0.1, 0.15) is 28.3 Å². The van der Waals surface area contributed by atoms with Crippen LogP contribution in [-0.2, 0) is 9.53 Å². The third kappa shape index (κ3) is 3.92. The van der Waals surface area contributed by atoms with Crippen molar-refractivity contribution in [2.75, 3.05) is 7.11 Å². The Bertz CT molecular complexity index is 683. The molecule has 0 N–H and O–H groups in total. The van der Waals surface area contributed by atoms with Crippen LogP contribution in [0.4, 0.5) is 4.39 Å². The lowest BCUT2D eigenvalue weighted by molar-refractivity contribution is -0.142. The van der Waals surface area contributed by atoms with E-state index in [-0.39, 0.29) is 17.8 Å². The normalized spacial score (nSPS) is 11.8. The largest absolute Gasteiger partial charge is 0.469 e. The molecule has 0 radical (unpaired) electrons. The minimum absolute atomic E-state index is 0.0994. The Labute approximate surface area is 132 Å². The predicted octanol–water partition coefficient (Wildman–Crippen LogP) is 4.01. The standard InChI is InChI=1S/C17H14ClFO3/c1-22-17(21)15(11-5-7-13(18)8-6-11)10-16(20)12-3-2-4-14(19)9-12/h2-9,15H,10H2,1H3. The van der Waals surface area contributed by atoms with Crippen LogP contribution in [0.3, 0.4) is 0 Å². The zero-order chi connectivity index (χ0) is 16.1. The van der Waals surface area contributed by atoms with Gasteiger partial charge in [-0.1, -0.05) is 35.9 Å². The van der Waals surface area contributed by atoms with Gasteiger partial charge in [0, 0.05) is 17.0 Å². The fourth-order valence-electron chi connectivity index (χ4n) is 2.14. The molecule has 2 rings (SSSR count). The van der Waals surface area contributed by atoms with Gasteiger partial charge in [-0.05, 0) is 29.8 Å². The number of methoxy groups -OCH3 is 1. The molecular weight excluding hydrogens is 307 g/mol. The van der Waals surface area contributed by atoms with E-state index >= 15 is 0 Å². The Balaban J connectivity index is 2.25. The van der Waals surface area contributed by atoms with Crippen molar-refractivity contribution < 1.29 is 18.7 Å². The van der Waals surface area contributed by atoms with E-state index < -0.39 is 17.7 Å². The molecule has 0 aromatic heterocycles. The van der Waals surface area contributed by atoms with E-state index in [0.29, 0.717) is 10.6 Å². The molecule has 1 unspecified atom stereocenters. The Morgan fingerprint density at radius 1 is 1.18 bits per heavy atom. The molecule has 3 nitrogen and oxygen atoms in total. The number of benzene rings is 2. The van der Waals surface area contributed by atoms with E-state index in [9.17, 15) is 14.0 Å². The highest BCUT2D eigenvalue weighted by molar-refractivity contribution is 6.30. The van der Waals surface area contributed by atoms with Gasteiger partial charge in [0.2, 0.25) is 0 Å². The fraction of sp³-hybridized carbons (Fsp3) is 0.176. The number of rotatable bonds is 5. The van der Waals surface area contributed by atoms with Crippen molar-refractivity contribution in [2.45, 2.75) is 12.3 Å². The summed E-state index contributed by atoms with van der Waals surface area (Å²) in [5.41, 5.74) is 0.851. The molecule has 2 aromatic carbocycles. The van der Waals surface area contributed by atoms with Crippen molar-refractivity contribution in [1.82, 2.24) is 0 Å². The number of esters is 1. The molecule has 1 atom stereocenters. The van der Waals surface area contributed by atoms with Crippen molar-refractivity contribution in [3.8, 4) is 0 Å². The number of ether oxygens (including phenoxy) is 1. The number of halogens is 2. The first-order valence-corrected chi connectivity index (χ1v) is 7.01. The summed E-state index contributed by atoms with van der Waals surface area (Å²) in [6, 6.07) is 12.0. The number of hydrogen-bond donors (Lipinski definition) is 0. The summed E-state index contributed by atoms with van der Waals surface area (Å²) < 4.78 is 18.0. The summed E-state index contributed by atoms with van der Waals surface area (Å²) in [7, 11) is 1.26. The van der Waals surface area contributed by atoms with Gasteiger partial charge in [0.25, 0.3) is 0 Å². The van der Waals surface area contributed by atoms with Gasteiger partial charge in [-0.3, -0.25) is 9.59 Å². The molecule has 0 aliphatic carbocycles. The first kappa shape index (κ1) is 16.2.